The number of hydrogen-bond donors (Lipinski definition) is 1. The lowest BCUT2D eigenvalue weighted by molar-refractivity contribution is -0.175. The molecule has 2 N–H and O–H groups in total. The first-order valence-corrected chi connectivity index (χ1v) is 11.2. The molecular formula is C17H27N3O10S. The lowest BCUT2D eigenvalue weighted by atomic mass is 9.86. The average Bonchev–Trinajstić information content (AvgIpc) is 2.93. The number of esters is 2. The molecule has 2 bridgehead atoms. The van der Waals surface area contributed by atoms with Crippen molar-refractivity contribution in [1.82, 2.24) is 9.96 Å². The van der Waals surface area contributed by atoms with Gasteiger partial charge in [-0.1, -0.05) is 6.92 Å². The summed E-state index contributed by atoms with van der Waals surface area (Å²) >= 11 is 0. The molecule has 3 amide bonds. The molecule has 0 saturated carbocycles. The molecule has 0 unspecified atom stereocenters. The quantitative estimate of drug-likeness (QED) is 0.308. The van der Waals surface area contributed by atoms with Crippen LogP contribution in [0.3, 0.4) is 0 Å². The van der Waals surface area contributed by atoms with Crippen LogP contribution in [0.15, 0.2) is 0 Å². The van der Waals surface area contributed by atoms with Gasteiger partial charge in [0.2, 0.25) is 5.91 Å². The lowest BCUT2D eigenvalue weighted by Gasteiger charge is -2.28. The maximum atomic E-state index is 12.5. The van der Waals surface area contributed by atoms with E-state index in [4.69, 9.17) is 23.7 Å². The fraction of sp³-hybridized carbons (Fsp3) is 0.765. The molecular weight excluding hydrogens is 438 g/mol. The zero-order valence-corrected chi connectivity index (χ0v) is 18.4. The van der Waals surface area contributed by atoms with Gasteiger partial charge in [-0.2, -0.15) is 13.5 Å². The van der Waals surface area contributed by atoms with Crippen LogP contribution in [0.1, 0.15) is 40.0 Å². The molecule has 2 aliphatic rings. The fourth-order valence-electron chi connectivity index (χ4n) is 3.45. The number of primary amides is 1. The molecule has 13 nitrogen and oxygen atoms in total. The van der Waals surface area contributed by atoms with Gasteiger partial charge in [-0.3, -0.25) is 14.4 Å². The Hall–Kier alpha value is -2.45. The van der Waals surface area contributed by atoms with Crippen LogP contribution in [0.4, 0.5) is 4.79 Å². The van der Waals surface area contributed by atoms with E-state index in [1.165, 1.54) is 20.8 Å². The molecule has 2 heterocycles. The average molecular weight is 465 g/mol. The van der Waals surface area contributed by atoms with Gasteiger partial charge in [-0.15, -0.1) is 4.28 Å². The van der Waals surface area contributed by atoms with Crippen LogP contribution in [-0.4, -0.2) is 80.7 Å². The summed E-state index contributed by atoms with van der Waals surface area (Å²) in [7, 11) is -4.87. The second-order valence-corrected chi connectivity index (χ2v) is 8.23. The number of nitrogens with zero attached hydrogens (tertiary/aromatic N) is 2. The van der Waals surface area contributed by atoms with E-state index < -0.39 is 58.4 Å². The van der Waals surface area contributed by atoms with Gasteiger partial charge in [0.15, 0.2) is 5.41 Å². The summed E-state index contributed by atoms with van der Waals surface area (Å²) in [6, 6.07) is -2.34. The molecule has 2 aliphatic heterocycles. The van der Waals surface area contributed by atoms with Crippen LogP contribution in [0.2, 0.25) is 0 Å². The number of amides is 3. The third-order valence-corrected chi connectivity index (χ3v) is 5.96. The van der Waals surface area contributed by atoms with Crippen molar-refractivity contribution in [2.45, 2.75) is 52.1 Å². The normalized spacial score (nSPS) is 21.2. The van der Waals surface area contributed by atoms with E-state index >= 15 is 0 Å². The van der Waals surface area contributed by atoms with Crippen LogP contribution in [-0.2, 0) is 42.7 Å². The summed E-state index contributed by atoms with van der Waals surface area (Å²) in [5.74, 6) is -2.71. The molecule has 2 rings (SSSR count). The van der Waals surface area contributed by atoms with Crippen molar-refractivity contribution in [1.29, 1.82) is 0 Å². The van der Waals surface area contributed by atoms with E-state index in [1.54, 1.807) is 0 Å². The van der Waals surface area contributed by atoms with E-state index in [2.05, 4.69) is 0 Å². The number of hydroxylamine groups is 2. The van der Waals surface area contributed by atoms with Crippen molar-refractivity contribution in [3.05, 3.63) is 0 Å². The SMILES string of the molecule is CCOC(=O)C(CC)(COS(=O)(=O)ON1C(=O)N2C[C@H]1CC[C@H]2C(N)=O)C(=O)OCC. The summed E-state index contributed by atoms with van der Waals surface area (Å²) in [5, 5.41) is 0.598. The van der Waals surface area contributed by atoms with Crippen molar-refractivity contribution in [2.75, 3.05) is 26.4 Å². The third-order valence-electron chi connectivity index (χ3n) is 5.21. The van der Waals surface area contributed by atoms with Crippen LogP contribution in [0.5, 0.6) is 0 Å². The highest BCUT2D eigenvalue weighted by Crippen LogP contribution is 2.32. The molecule has 2 atom stereocenters. The summed E-state index contributed by atoms with van der Waals surface area (Å²) in [6.07, 6.45) is 0.382. The van der Waals surface area contributed by atoms with E-state index in [0.717, 1.165) is 4.90 Å². The number of rotatable bonds is 11. The Morgan fingerprint density at radius 3 is 2.16 bits per heavy atom. The Balaban J connectivity index is 2.15. The van der Waals surface area contributed by atoms with E-state index in [0.29, 0.717) is 5.06 Å². The Kier molecular flexibility index (Phi) is 7.83. The van der Waals surface area contributed by atoms with Crippen molar-refractivity contribution < 1.29 is 45.5 Å². The zero-order chi connectivity index (χ0) is 23.4. The molecule has 2 saturated heterocycles. The second kappa shape index (κ2) is 9.78. The number of hydrogen-bond acceptors (Lipinski definition) is 10. The molecule has 0 spiro atoms. The standard InChI is InChI=1S/C17H27N3O10S/c1-4-17(14(22)27-5-2,15(23)28-6-3)10-29-31(25,26)30-20-11-7-8-12(13(18)21)19(9-11)16(20)24/h11-12H,4-10H2,1-3H3,(H2,18,21)/t11-,12+/m1/s1. The Bertz CT molecular complexity index is 812. The number of ether oxygens (including phenoxy) is 2. The van der Waals surface area contributed by atoms with Gasteiger partial charge in [0.1, 0.15) is 6.04 Å². The molecule has 0 aliphatic carbocycles. The Morgan fingerprint density at radius 1 is 1.10 bits per heavy atom. The van der Waals surface area contributed by atoms with E-state index in [1.807, 2.05) is 0 Å². The highest BCUT2D eigenvalue weighted by molar-refractivity contribution is 7.81. The monoisotopic (exact) mass is 465 g/mol. The summed E-state index contributed by atoms with van der Waals surface area (Å²) in [4.78, 5) is 49.9. The largest absolute Gasteiger partial charge is 0.465 e. The number of nitrogens with two attached hydrogens (primary N) is 1. The van der Waals surface area contributed by atoms with Gasteiger partial charge >= 0.3 is 28.4 Å². The molecule has 31 heavy (non-hydrogen) atoms. The second-order valence-electron chi connectivity index (χ2n) is 7.03. The van der Waals surface area contributed by atoms with Gasteiger partial charge < -0.3 is 20.1 Å². The summed E-state index contributed by atoms with van der Waals surface area (Å²) < 4.78 is 44.2. The van der Waals surface area contributed by atoms with E-state index in [-0.39, 0.29) is 39.0 Å². The molecule has 0 aromatic carbocycles. The van der Waals surface area contributed by atoms with Crippen molar-refractivity contribution in [3.8, 4) is 0 Å². The topological polar surface area (TPSA) is 172 Å². The van der Waals surface area contributed by atoms with Crippen LogP contribution >= 0.6 is 0 Å². The maximum Gasteiger partial charge on any atom is 0.421 e. The van der Waals surface area contributed by atoms with Crippen molar-refractivity contribution in [3.63, 3.8) is 0 Å². The summed E-state index contributed by atoms with van der Waals surface area (Å²) in [6.45, 7) is 3.53. The number of fused-ring (bicyclic) bond motifs is 2. The van der Waals surface area contributed by atoms with Crippen LogP contribution < -0.4 is 5.73 Å². The number of carbonyl (C=O) groups excluding carboxylic acids is 4. The molecule has 0 aromatic rings. The highest BCUT2D eigenvalue weighted by atomic mass is 32.3. The molecule has 2 fully saturated rings. The number of carbonyl (C=O) groups is 4. The minimum atomic E-state index is -4.87. The predicted molar refractivity (Wildman–Crippen MR) is 102 cm³/mol. The van der Waals surface area contributed by atoms with Crippen LogP contribution in [0.25, 0.3) is 0 Å². The number of urea groups is 1. The highest BCUT2D eigenvalue weighted by Gasteiger charge is 2.51. The molecule has 0 radical (unpaired) electrons. The zero-order valence-electron chi connectivity index (χ0n) is 17.6. The van der Waals surface area contributed by atoms with Gasteiger partial charge in [0, 0.05) is 6.54 Å². The van der Waals surface area contributed by atoms with Gasteiger partial charge in [-0.25, -0.2) is 8.98 Å². The van der Waals surface area contributed by atoms with Gasteiger partial charge in [0.05, 0.1) is 25.9 Å². The summed E-state index contributed by atoms with van der Waals surface area (Å²) in [5.41, 5.74) is 3.25. The first kappa shape index (κ1) is 24.8. The Morgan fingerprint density at radius 2 is 1.68 bits per heavy atom. The Labute approximate surface area is 180 Å². The fourth-order valence-corrected chi connectivity index (χ4v) is 4.22. The van der Waals surface area contributed by atoms with Crippen molar-refractivity contribution >= 4 is 34.3 Å². The molecule has 176 valence electrons. The van der Waals surface area contributed by atoms with Crippen molar-refractivity contribution in [2.24, 2.45) is 11.1 Å². The van der Waals surface area contributed by atoms with Gasteiger partial charge in [0.25, 0.3) is 0 Å². The maximum absolute atomic E-state index is 12.5. The smallest absolute Gasteiger partial charge is 0.421 e. The number of piperidine rings is 1. The van der Waals surface area contributed by atoms with Gasteiger partial charge in [-0.05, 0) is 33.1 Å². The van der Waals surface area contributed by atoms with E-state index in [9.17, 15) is 27.6 Å². The molecule has 14 heteroatoms. The first-order chi connectivity index (χ1) is 14.5. The van der Waals surface area contributed by atoms with Crippen LogP contribution in [0, 0.1) is 5.41 Å². The molecule has 0 aromatic heterocycles. The first-order valence-electron chi connectivity index (χ1n) is 9.85. The minimum absolute atomic E-state index is 0.0515. The lowest BCUT2D eigenvalue weighted by Crippen LogP contribution is -2.48. The predicted octanol–water partition coefficient (Wildman–Crippen LogP) is -0.544. The third kappa shape index (κ3) is 5.07. The minimum Gasteiger partial charge on any atom is -0.465 e.